The second-order valence-electron chi connectivity index (χ2n) is 7.48. The molecule has 31 heavy (non-hydrogen) atoms. The van der Waals surface area contributed by atoms with Gasteiger partial charge in [0.1, 0.15) is 0 Å². The molecule has 2 amide bonds. The molecule has 3 rings (SSSR count). The molecule has 0 spiro atoms. The van der Waals surface area contributed by atoms with Crippen molar-refractivity contribution in [3.05, 3.63) is 58.7 Å². The number of carbonyl (C=O) groups excluding carboxylic acids is 2. The van der Waals surface area contributed by atoms with Crippen molar-refractivity contribution in [2.45, 2.75) is 32.6 Å². The van der Waals surface area contributed by atoms with Crippen LogP contribution in [0.4, 0.5) is 37.7 Å². The number of anilines is 2. The lowest BCUT2D eigenvalue weighted by Crippen LogP contribution is -2.28. The van der Waals surface area contributed by atoms with Crippen LogP contribution in [-0.2, 0) is 21.9 Å². The normalized spacial score (nSPS) is 17.2. The van der Waals surface area contributed by atoms with E-state index in [9.17, 15) is 35.9 Å². The average molecular weight is 444 g/mol. The molecule has 2 aromatic carbocycles. The predicted molar refractivity (Wildman–Crippen MR) is 101 cm³/mol. The molecule has 0 saturated carbocycles. The van der Waals surface area contributed by atoms with Gasteiger partial charge in [-0.3, -0.25) is 9.59 Å². The fourth-order valence-electron chi connectivity index (χ4n) is 3.50. The molecular weight excluding hydrogens is 426 g/mol. The number of aryl methyl sites for hydroxylation is 2. The van der Waals surface area contributed by atoms with Crippen molar-refractivity contribution in [1.82, 2.24) is 0 Å². The summed E-state index contributed by atoms with van der Waals surface area (Å²) in [6, 6.07) is 6.24. The van der Waals surface area contributed by atoms with E-state index in [2.05, 4.69) is 5.32 Å². The Balaban J connectivity index is 1.82. The standard InChI is InChI=1S/C21H18F6N2O2/c1-11-3-4-17(12(2)5-11)29-10-13(6-18(29)30)19(31)28-16-8-14(20(22,23)24)7-15(9-16)21(25,26)27/h3-5,7-9,13H,6,10H2,1-2H3,(H,28,31). The third-order valence-electron chi connectivity index (χ3n) is 4.99. The first-order chi connectivity index (χ1) is 14.3. The zero-order valence-electron chi connectivity index (χ0n) is 16.5. The van der Waals surface area contributed by atoms with E-state index >= 15 is 0 Å². The maximum absolute atomic E-state index is 13.0. The molecule has 1 atom stereocenters. The molecule has 1 unspecified atom stereocenters. The van der Waals surface area contributed by atoms with Gasteiger partial charge in [-0.1, -0.05) is 17.7 Å². The van der Waals surface area contributed by atoms with Gasteiger partial charge in [0, 0.05) is 24.3 Å². The summed E-state index contributed by atoms with van der Waals surface area (Å²) in [6.07, 6.45) is -10.3. The van der Waals surface area contributed by atoms with E-state index in [-0.39, 0.29) is 24.9 Å². The first kappa shape index (κ1) is 22.6. The molecule has 4 nitrogen and oxygen atoms in total. The van der Waals surface area contributed by atoms with Gasteiger partial charge in [-0.15, -0.1) is 0 Å². The number of alkyl halides is 6. The van der Waals surface area contributed by atoms with Crippen LogP contribution < -0.4 is 10.2 Å². The molecule has 0 aromatic heterocycles. The van der Waals surface area contributed by atoms with Crippen LogP contribution in [-0.4, -0.2) is 18.4 Å². The number of hydrogen-bond donors (Lipinski definition) is 1. The van der Waals surface area contributed by atoms with Crippen LogP contribution in [0.1, 0.15) is 28.7 Å². The van der Waals surface area contributed by atoms with E-state index < -0.39 is 41.0 Å². The maximum atomic E-state index is 13.0. The average Bonchev–Trinajstić information content (AvgIpc) is 3.02. The Morgan fingerprint density at radius 1 is 0.968 bits per heavy atom. The number of nitrogens with one attached hydrogen (secondary N) is 1. The van der Waals surface area contributed by atoms with E-state index in [0.29, 0.717) is 17.8 Å². The van der Waals surface area contributed by atoms with Crippen molar-refractivity contribution in [3.8, 4) is 0 Å². The van der Waals surface area contributed by atoms with Crippen LogP contribution >= 0.6 is 0 Å². The van der Waals surface area contributed by atoms with Crippen LogP contribution in [0.25, 0.3) is 0 Å². The Bertz CT molecular complexity index is 997. The molecule has 10 heteroatoms. The second kappa shape index (κ2) is 7.90. The SMILES string of the molecule is Cc1ccc(N2CC(C(=O)Nc3cc(C(F)(F)F)cc(C(F)(F)F)c3)CC2=O)c(C)c1. The van der Waals surface area contributed by atoms with Gasteiger partial charge in [-0.2, -0.15) is 26.3 Å². The van der Waals surface area contributed by atoms with E-state index in [4.69, 9.17) is 0 Å². The van der Waals surface area contributed by atoms with Gasteiger partial charge in [-0.05, 0) is 43.7 Å². The third kappa shape index (κ3) is 5.00. The summed E-state index contributed by atoms with van der Waals surface area (Å²) < 4.78 is 78.0. The predicted octanol–water partition coefficient (Wildman–Crippen LogP) is 5.33. The van der Waals surface area contributed by atoms with Crippen molar-refractivity contribution in [2.24, 2.45) is 5.92 Å². The third-order valence-corrected chi connectivity index (χ3v) is 4.99. The minimum absolute atomic E-state index is 0.0172. The number of hydrogen-bond acceptors (Lipinski definition) is 2. The van der Waals surface area contributed by atoms with Gasteiger partial charge in [0.15, 0.2) is 0 Å². The smallest absolute Gasteiger partial charge is 0.326 e. The molecule has 1 N–H and O–H groups in total. The Morgan fingerprint density at radius 3 is 2.06 bits per heavy atom. The lowest BCUT2D eigenvalue weighted by Gasteiger charge is -2.20. The van der Waals surface area contributed by atoms with E-state index in [1.807, 2.05) is 13.0 Å². The Morgan fingerprint density at radius 2 is 1.55 bits per heavy atom. The zero-order chi connectivity index (χ0) is 23.1. The summed E-state index contributed by atoms with van der Waals surface area (Å²) in [5.74, 6) is -2.10. The number of rotatable bonds is 3. The summed E-state index contributed by atoms with van der Waals surface area (Å²) in [5.41, 5.74) is -1.31. The van der Waals surface area contributed by atoms with E-state index in [0.717, 1.165) is 11.1 Å². The van der Waals surface area contributed by atoms with Crippen LogP contribution in [0, 0.1) is 19.8 Å². The number of nitrogens with zero attached hydrogens (tertiary/aromatic N) is 1. The van der Waals surface area contributed by atoms with Crippen LogP contribution in [0.3, 0.4) is 0 Å². The molecule has 0 bridgehead atoms. The van der Waals surface area contributed by atoms with Gasteiger partial charge in [-0.25, -0.2) is 0 Å². The van der Waals surface area contributed by atoms with Crippen molar-refractivity contribution in [3.63, 3.8) is 0 Å². The van der Waals surface area contributed by atoms with Crippen molar-refractivity contribution >= 4 is 23.2 Å². The van der Waals surface area contributed by atoms with Crippen LogP contribution in [0.15, 0.2) is 36.4 Å². The minimum atomic E-state index is -5.02. The molecule has 0 radical (unpaired) electrons. The summed E-state index contributed by atoms with van der Waals surface area (Å²) in [6.45, 7) is 3.65. The molecule has 1 aliphatic rings. The van der Waals surface area contributed by atoms with Crippen molar-refractivity contribution in [2.75, 3.05) is 16.8 Å². The number of benzene rings is 2. The quantitative estimate of drug-likeness (QED) is 0.651. The molecule has 1 heterocycles. The fourth-order valence-corrected chi connectivity index (χ4v) is 3.50. The van der Waals surface area contributed by atoms with Crippen LogP contribution in [0.2, 0.25) is 0 Å². The van der Waals surface area contributed by atoms with E-state index in [1.54, 1.807) is 19.1 Å². The summed E-state index contributed by atoms with van der Waals surface area (Å²) in [5, 5.41) is 2.11. The van der Waals surface area contributed by atoms with Crippen LogP contribution in [0.5, 0.6) is 0 Å². The maximum Gasteiger partial charge on any atom is 0.416 e. The lowest BCUT2D eigenvalue weighted by atomic mass is 10.1. The van der Waals surface area contributed by atoms with Gasteiger partial charge >= 0.3 is 12.4 Å². The molecule has 1 aliphatic heterocycles. The highest BCUT2D eigenvalue weighted by atomic mass is 19.4. The first-order valence-electron chi connectivity index (χ1n) is 9.23. The van der Waals surface area contributed by atoms with Gasteiger partial charge in [0.25, 0.3) is 0 Å². The lowest BCUT2D eigenvalue weighted by molar-refractivity contribution is -0.143. The summed E-state index contributed by atoms with van der Waals surface area (Å²) >= 11 is 0. The van der Waals surface area contributed by atoms with Gasteiger partial charge in [0.05, 0.1) is 17.0 Å². The molecule has 2 aromatic rings. The first-order valence-corrected chi connectivity index (χ1v) is 9.23. The van der Waals surface area contributed by atoms with Gasteiger partial charge in [0.2, 0.25) is 11.8 Å². The summed E-state index contributed by atoms with van der Waals surface area (Å²) in [4.78, 5) is 26.3. The molecular formula is C21H18F6N2O2. The number of halogens is 6. The molecule has 1 fully saturated rings. The number of amides is 2. The largest absolute Gasteiger partial charge is 0.416 e. The number of carbonyl (C=O) groups is 2. The Labute approximate surface area is 173 Å². The Kier molecular flexibility index (Phi) is 5.77. The summed E-state index contributed by atoms with van der Waals surface area (Å²) in [7, 11) is 0. The molecule has 1 saturated heterocycles. The minimum Gasteiger partial charge on any atom is -0.326 e. The van der Waals surface area contributed by atoms with Crippen molar-refractivity contribution in [1.29, 1.82) is 0 Å². The molecule has 0 aliphatic carbocycles. The van der Waals surface area contributed by atoms with Crippen molar-refractivity contribution < 1.29 is 35.9 Å². The fraction of sp³-hybridized carbons (Fsp3) is 0.333. The highest BCUT2D eigenvalue weighted by Gasteiger charge is 2.38. The monoisotopic (exact) mass is 444 g/mol. The molecule has 166 valence electrons. The zero-order valence-corrected chi connectivity index (χ0v) is 16.5. The topological polar surface area (TPSA) is 49.4 Å². The van der Waals surface area contributed by atoms with E-state index in [1.165, 1.54) is 4.90 Å². The Hall–Kier alpha value is -3.04. The highest BCUT2D eigenvalue weighted by molar-refractivity contribution is 6.03. The highest BCUT2D eigenvalue weighted by Crippen LogP contribution is 2.38. The second-order valence-corrected chi connectivity index (χ2v) is 7.48. The van der Waals surface area contributed by atoms with Gasteiger partial charge < -0.3 is 10.2 Å².